The van der Waals surface area contributed by atoms with Crippen molar-refractivity contribution in [3.05, 3.63) is 83.9 Å². The predicted octanol–water partition coefficient (Wildman–Crippen LogP) is 3.07. The first-order valence-corrected chi connectivity index (χ1v) is 11.8. The van der Waals surface area contributed by atoms with Gasteiger partial charge in [-0.3, -0.25) is 20.0 Å². The molecular formula is C20H18N4O6S2. The maximum atomic E-state index is 11.0. The maximum absolute atomic E-state index is 11.0. The highest BCUT2D eigenvalue weighted by molar-refractivity contribution is 7.86. The molecule has 0 aromatic heterocycles. The Morgan fingerprint density at radius 1 is 0.625 bits per heavy atom. The largest absolute Gasteiger partial charge is 0.294 e. The third-order valence-electron chi connectivity index (χ3n) is 4.03. The van der Waals surface area contributed by atoms with Crippen LogP contribution in [0.5, 0.6) is 0 Å². The molecule has 0 radical (unpaired) electrons. The van der Waals surface area contributed by atoms with Crippen molar-refractivity contribution >= 4 is 44.0 Å². The highest BCUT2D eigenvalue weighted by atomic mass is 32.2. The van der Waals surface area contributed by atoms with Crippen molar-refractivity contribution in [3.63, 3.8) is 0 Å². The average molecular weight is 475 g/mol. The van der Waals surface area contributed by atoms with Gasteiger partial charge in [-0.1, -0.05) is 18.2 Å². The first-order chi connectivity index (χ1) is 15.1. The summed E-state index contributed by atoms with van der Waals surface area (Å²) < 4.78 is 62.1. The number of benzene rings is 3. The standard InChI is InChI=1S/C20H18N4O6S2/c25-31(26,27)19-8-4-17(5-9-19)23-21-13-15-2-1-3-16(12-15)14-22-24-18-6-10-20(11-7-18)32(28,29)30/h1-14,23-24H,(H,25,26,27)(H,28,29,30)/b21-13-,22-14-. The second-order valence-corrected chi connectivity index (χ2v) is 9.25. The Morgan fingerprint density at radius 3 is 1.34 bits per heavy atom. The molecule has 3 rings (SSSR count). The van der Waals surface area contributed by atoms with E-state index in [2.05, 4.69) is 21.1 Å². The van der Waals surface area contributed by atoms with E-state index in [1.165, 1.54) is 48.5 Å². The van der Waals surface area contributed by atoms with Crippen LogP contribution in [0.15, 0.2) is 92.8 Å². The molecule has 0 aliphatic heterocycles. The molecule has 0 saturated heterocycles. The third-order valence-corrected chi connectivity index (χ3v) is 5.77. The first-order valence-electron chi connectivity index (χ1n) is 8.95. The van der Waals surface area contributed by atoms with Crippen molar-refractivity contribution in [1.82, 2.24) is 0 Å². The SMILES string of the molecule is O=S(=O)(O)c1ccc(N/N=C\c2cccc(/C=N\Nc3ccc(S(=O)(=O)O)cc3)c2)cc1. The molecule has 0 unspecified atom stereocenters. The number of nitrogens with zero attached hydrogens (tertiary/aromatic N) is 2. The van der Waals surface area contributed by atoms with E-state index in [0.29, 0.717) is 11.4 Å². The molecule has 0 saturated carbocycles. The fraction of sp³-hybridized carbons (Fsp3) is 0. The van der Waals surface area contributed by atoms with Gasteiger partial charge in [0.1, 0.15) is 0 Å². The predicted molar refractivity (Wildman–Crippen MR) is 121 cm³/mol. The van der Waals surface area contributed by atoms with Gasteiger partial charge >= 0.3 is 0 Å². The lowest BCUT2D eigenvalue weighted by Crippen LogP contribution is -1.98. The van der Waals surface area contributed by atoms with Gasteiger partial charge < -0.3 is 0 Å². The maximum Gasteiger partial charge on any atom is 0.294 e. The lowest BCUT2D eigenvalue weighted by molar-refractivity contribution is 0.481. The number of hydrazone groups is 2. The summed E-state index contributed by atoms with van der Waals surface area (Å²) in [7, 11) is -8.48. The highest BCUT2D eigenvalue weighted by Gasteiger charge is 2.08. The molecule has 3 aromatic carbocycles. The topological polar surface area (TPSA) is 158 Å². The minimum atomic E-state index is -4.24. The van der Waals surface area contributed by atoms with E-state index in [1.807, 2.05) is 24.3 Å². The second-order valence-electron chi connectivity index (χ2n) is 6.41. The number of rotatable bonds is 8. The number of nitrogens with one attached hydrogen (secondary N) is 2. The molecule has 12 heteroatoms. The monoisotopic (exact) mass is 474 g/mol. The van der Waals surface area contributed by atoms with Gasteiger partial charge in [0.15, 0.2) is 0 Å². The fourth-order valence-corrected chi connectivity index (χ4v) is 3.45. The van der Waals surface area contributed by atoms with Crippen molar-refractivity contribution in [1.29, 1.82) is 0 Å². The van der Waals surface area contributed by atoms with Crippen molar-refractivity contribution in [2.24, 2.45) is 10.2 Å². The molecular weight excluding hydrogens is 456 g/mol. The zero-order valence-corrected chi connectivity index (χ0v) is 18.0. The fourth-order valence-electron chi connectivity index (χ4n) is 2.49. The van der Waals surface area contributed by atoms with E-state index in [-0.39, 0.29) is 9.79 Å². The third kappa shape index (κ3) is 6.72. The van der Waals surface area contributed by atoms with Crippen LogP contribution in [0.1, 0.15) is 11.1 Å². The normalized spacial score (nSPS) is 12.3. The molecule has 3 aromatic rings. The summed E-state index contributed by atoms with van der Waals surface area (Å²) in [4.78, 5) is -0.413. The van der Waals surface area contributed by atoms with Gasteiger partial charge in [-0.25, -0.2) is 0 Å². The summed E-state index contributed by atoms with van der Waals surface area (Å²) in [6.07, 6.45) is 3.13. The Bertz CT molecular complexity index is 1250. The van der Waals surface area contributed by atoms with Crippen LogP contribution in [-0.4, -0.2) is 38.4 Å². The Labute approximate surface area is 184 Å². The van der Waals surface area contributed by atoms with Crippen molar-refractivity contribution in [2.45, 2.75) is 9.79 Å². The Kier molecular flexibility index (Phi) is 7.00. The minimum absolute atomic E-state index is 0.206. The molecule has 32 heavy (non-hydrogen) atoms. The van der Waals surface area contributed by atoms with Gasteiger partial charge in [-0.15, -0.1) is 0 Å². The van der Waals surface area contributed by atoms with Crippen LogP contribution in [0.25, 0.3) is 0 Å². The molecule has 4 N–H and O–H groups in total. The highest BCUT2D eigenvalue weighted by Crippen LogP contribution is 2.14. The number of hydrogen-bond acceptors (Lipinski definition) is 8. The van der Waals surface area contributed by atoms with Gasteiger partial charge in [-0.05, 0) is 65.7 Å². The minimum Gasteiger partial charge on any atom is -0.282 e. The Balaban J connectivity index is 1.59. The zero-order chi connectivity index (χ0) is 23.2. The molecule has 0 bridgehead atoms. The van der Waals surface area contributed by atoms with Crippen LogP contribution in [0.3, 0.4) is 0 Å². The van der Waals surface area contributed by atoms with E-state index in [1.54, 1.807) is 12.4 Å². The zero-order valence-electron chi connectivity index (χ0n) is 16.3. The molecule has 0 spiro atoms. The summed E-state index contributed by atoms with van der Waals surface area (Å²) >= 11 is 0. The average Bonchev–Trinajstić information content (AvgIpc) is 2.74. The van der Waals surface area contributed by atoms with Gasteiger partial charge in [-0.2, -0.15) is 27.0 Å². The molecule has 10 nitrogen and oxygen atoms in total. The molecule has 0 amide bonds. The van der Waals surface area contributed by atoms with Crippen LogP contribution in [0.2, 0.25) is 0 Å². The summed E-state index contributed by atoms with van der Waals surface area (Å²) in [5.41, 5.74) is 8.13. The van der Waals surface area contributed by atoms with Crippen molar-refractivity contribution in [2.75, 3.05) is 10.9 Å². The molecule has 0 aliphatic carbocycles. The smallest absolute Gasteiger partial charge is 0.282 e. The lowest BCUT2D eigenvalue weighted by atomic mass is 10.1. The van der Waals surface area contributed by atoms with Crippen LogP contribution in [0.4, 0.5) is 11.4 Å². The summed E-state index contributed by atoms with van der Waals surface area (Å²) in [5.74, 6) is 0. The molecule has 0 aliphatic rings. The second kappa shape index (κ2) is 9.70. The van der Waals surface area contributed by atoms with Crippen LogP contribution < -0.4 is 10.9 Å². The van der Waals surface area contributed by atoms with E-state index in [4.69, 9.17) is 9.11 Å². The van der Waals surface area contributed by atoms with E-state index in [0.717, 1.165) is 11.1 Å². The summed E-state index contributed by atoms with van der Waals surface area (Å²) in [5, 5.41) is 8.17. The number of hydrogen-bond donors (Lipinski definition) is 4. The van der Waals surface area contributed by atoms with Crippen LogP contribution in [-0.2, 0) is 20.2 Å². The van der Waals surface area contributed by atoms with Gasteiger partial charge in [0.2, 0.25) is 0 Å². The molecule has 0 fully saturated rings. The van der Waals surface area contributed by atoms with Crippen LogP contribution in [0, 0.1) is 0 Å². The molecule has 0 atom stereocenters. The summed E-state index contributed by atoms with van der Waals surface area (Å²) in [6, 6.07) is 18.2. The number of anilines is 2. The molecule has 0 heterocycles. The first kappa shape index (κ1) is 23.1. The van der Waals surface area contributed by atoms with Crippen molar-refractivity contribution < 1.29 is 25.9 Å². The van der Waals surface area contributed by atoms with Gasteiger partial charge in [0, 0.05) is 0 Å². The molecule has 166 valence electrons. The van der Waals surface area contributed by atoms with Gasteiger partial charge in [0.25, 0.3) is 20.2 Å². The van der Waals surface area contributed by atoms with E-state index in [9.17, 15) is 16.8 Å². The van der Waals surface area contributed by atoms with Crippen molar-refractivity contribution in [3.8, 4) is 0 Å². The van der Waals surface area contributed by atoms with Gasteiger partial charge in [0.05, 0.1) is 33.6 Å². The van der Waals surface area contributed by atoms with Crippen LogP contribution >= 0.6 is 0 Å². The van der Waals surface area contributed by atoms with E-state index < -0.39 is 20.2 Å². The Morgan fingerprint density at radius 2 is 1.00 bits per heavy atom. The summed E-state index contributed by atoms with van der Waals surface area (Å²) in [6.45, 7) is 0. The quantitative estimate of drug-likeness (QED) is 0.220. The Hall–Kier alpha value is -3.58. The van der Waals surface area contributed by atoms with E-state index >= 15 is 0 Å². The lowest BCUT2D eigenvalue weighted by Gasteiger charge is -2.02.